The highest BCUT2D eigenvalue weighted by atomic mass is 14.9. The first-order valence-electron chi connectivity index (χ1n) is 12.1. The van der Waals surface area contributed by atoms with Gasteiger partial charge in [0.05, 0.1) is 11.4 Å². The van der Waals surface area contributed by atoms with Crippen molar-refractivity contribution in [3.63, 3.8) is 0 Å². The summed E-state index contributed by atoms with van der Waals surface area (Å²) in [5.74, 6) is 0.717. The van der Waals surface area contributed by atoms with Crippen LogP contribution in [0.4, 0.5) is 0 Å². The van der Waals surface area contributed by atoms with E-state index >= 15 is 0 Å². The molecule has 5 aromatic rings. The molecule has 6 rings (SSSR count). The van der Waals surface area contributed by atoms with E-state index in [1.807, 2.05) is 30.5 Å². The molecule has 0 aliphatic carbocycles. The third-order valence-corrected chi connectivity index (χ3v) is 6.38. The molecule has 0 bridgehead atoms. The number of rotatable bonds is 5. The van der Waals surface area contributed by atoms with Crippen LogP contribution in [0.25, 0.3) is 50.6 Å². The molecule has 36 heavy (non-hydrogen) atoms. The summed E-state index contributed by atoms with van der Waals surface area (Å²) in [6.07, 6.45) is 6.16. The maximum absolute atomic E-state index is 5.17. The van der Waals surface area contributed by atoms with Gasteiger partial charge in [0, 0.05) is 28.8 Å². The first-order chi connectivity index (χ1) is 17.9. The molecular weight excluding hydrogens is 438 g/mol. The second-order valence-electron chi connectivity index (χ2n) is 8.73. The molecule has 0 unspecified atom stereocenters. The van der Waals surface area contributed by atoms with Crippen LogP contribution in [0.1, 0.15) is 5.56 Å². The first-order valence-corrected chi connectivity index (χ1v) is 12.1. The van der Waals surface area contributed by atoms with Crippen molar-refractivity contribution in [3.05, 3.63) is 139 Å². The molecule has 3 nitrogen and oxygen atoms in total. The summed E-state index contributed by atoms with van der Waals surface area (Å²) in [7, 11) is 0. The first kappa shape index (κ1) is 21.8. The highest BCUT2D eigenvalue weighted by molar-refractivity contribution is 5.92. The monoisotopic (exact) mass is 463 g/mol. The van der Waals surface area contributed by atoms with Crippen LogP contribution in [0.3, 0.4) is 0 Å². The second kappa shape index (κ2) is 9.85. The van der Waals surface area contributed by atoms with Gasteiger partial charge in [0.1, 0.15) is 0 Å². The van der Waals surface area contributed by atoms with Crippen molar-refractivity contribution in [1.82, 2.24) is 15.3 Å². The molecule has 1 aromatic heterocycles. The van der Waals surface area contributed by atoms with Crippen molar-refractivity contribution in [1.29, 1.82) is 0 Å². The number of allylic oxidation sites excluding steroid dienone is 2. The zero-order valence-electron chi connectivity index (χ0n) is 19.8. The van der Waals surface area contributed by atoms with Gasteiger partial charge < -0.3 is 5.32 Å². The third kappa shape index (κ3) is 4.35. The fourth-order valence-corrected chi connectivity index (χ4v) is 4.57. The lowest BCUT2D eigenvalue weighted by molar-refractivity contribution is 0.986. The Bertz CT molecular complexity index is 1480. The van der Waals surface area contributed by atoms with E-state index in [4.69, 9.17) is 9.97 Å². The van der Waals surface area contributed by atoms with Crippen LogP contribution in [0.5, 0.6) is 0 Å². The lowest BCUT2D eigenvalue weighted by Crippen LogP contribution is -2.11. The summed E-state index contributed by atoms with van der Waals surface area (Å²) in [5, 5.41) is 3.28. The summed E-state index contributed by atoms with van der Waals surface area (Å²) in [6, 6.07) is 39.8. The van der Waals surface area contributed by atoms with E-state index in [2.05, 4.69) is 108 Å². The number of nitrogens with zero attached hydrogens (tertiary/aromatic N) is 2. The second-order valence-corrected chi connectivity index (χ2v) is 8.73. The number of hydrogen-bond donors (Lipinski definition) is 1. The molecule has 1 N–H and O–H groups in total. The number of hydrogen-bond acceptors (Lipinski definition) is 3. The molecule has 172 valence electrons. The van der Waals surface area contributed by atoms with E-state index < -0.39 is 0 Å². The number of dihydropyridines is 1. The van der Waals surface area contributed by atoms with Gasteiger partial charge in [-0.25, -0.2) is 9.97 Å². The highest BCUT2D eigenvalue weighted by Gasteiger charge is 2.19. The Morgan fingerprint density at radius 1 is 0.500 bits per heavy atom. The largest absolute Gasteiger partial charge is 0.387 e. The summed E-state index contributed by atoms with van der Waals surface area (Å²) >= 11 is 0. The maximum atomic E-state index is 5.17. The highest BCUT2D eigenvalue weighted by Crippen LogP contribution is 2.39. The molecule has 2 heterocycles. The van der Waals surface area contributed by atoms with Crippen molar-refractivity contribution in [2.24, 2.45) is 0 Å². The average molecular weight is 464 g/mol. The molecule has 0 saturated heterocycles. The topological polar surface area (TPSA) is 37.8 Å². The number of benzene rings is 4. The van der Waals surface area contributed by atoms with E-state index in [1.165, 1.54) is 11.1 Å². The molecule has 0 spiro atoms. The van der Waals surface area contributed by atoms with E-state index in [9.17, 15) is 0 Å². The van der Waals surface area contributed by atoms with E-state index in [-0.39, 0.29) is 0 Å². The summed E-state index contributed by atoms with van der Waals surface area (Å²) in [6.45, 7) is 0.828. The van der Waals surface area contributed by atoms with Gasteiger partial charge in [-0.2, -0.15) is 0 Å². The van der Waals surface area contributed by atoms with Gasteiger partial charge in [-0.1, -0.05) is 121 Å². The Labute approximate surface area is 211 Å². The fraction of sp³-hybridized carbons (Fsp3) is 0.0303. The van der Waals surface area contributed by atoms with Gasteiger partial charge >= 0.3 is 0 Å². The minimum atomic E-state index is 0.717. The molecule has 3 heteroatoms. The Kier molecular flexibility index (Phi) is 5.95. The predicted octanol–water partition coefficient (Wildman–Crippen LogP) is 7.64. The van der Waals surface area contributed by atoms with Crippen molar-refractivity contribution in [2.45, 2.75) is 0 Å². The quantitative estimate of drug-likeness (QED) is 0.291. The van der Waals surface area contributed by atoms with E-state index in [0.717, 1.165) is 51.6 Å². The van der Waals surface area contributed by atoms with E-state index in [0.29, 0.717) is 0 Å². The zero-order chi connectivity index (χ0) is 24.2. The Morgan fingerprint density at radius 3 is 1.50 bits per heavy atom. The molecule has 1 aliphatic rings. The lowest BCUT2D eigenvalue weighted by atomic mass is 9.94. The third-order valence-electron chi connectivity index (χ3n) is 6.38. The van der Waals surface area contributed by atoms with Crippen molar-refractivity contribution in [2.75, 3.05) is 6.54 Å². The van der Waals surface area contributed by atoms with Crippen molar-refractivity contribution < 1.29 is 0 Å². The van der Waals surface area contributed by atoms with Crippen LogP contribution < -0.4 is 5.32 Å². The van der Waals surface area contributed by atoms with Gasteiger partial charge in [0.25, 0.3) is 0 Å². The minimum Gasteiger partial charge on any atom is -0.387 e. The lowest BCUT2D eigenvalue weighted by Gasteiger charge is -2.17. The van der Waals surface area contributed by atoms with Crippen molar-refractivity contribution in [3.8, 4) is 45.0 Å². The van der Waals surface area contributed by atoms with Crippen LogP contribution in [0.15, 0.2) is 134 Å². The Hall–Kier alpha value is -4.76. The SMILES string of the molecule is C1=CNCC(c2ccc(-c3nc(-c4ccccc4)c(-c4ccccc4)c(-c4ccccc4)n3)cc2)=C1. The summed E-state index contributed by atoms with van der Waals surface area (Å²) in [4.78, 5) is 10.3. The molecule has 0 saturated carbocycles. The average Bonchev–Trinajstić information content (AvgIpc) is 2.98. The van der Waals surface area contributed by atoms with Crippen LogP contribution in [-0.2, 0) is 0 Å². The molecular formula is C33H25N3. The van der Waals surface area contributed by atoms with Gasteiger partial charge in [-0.15, -0.1) is 0 Å². The zero-order valence-corrected chi connectivity index (χ0v) is 19.8. The van der Waals surface area contributed by atoms with Gasteiger partial charge in [-0.3, -0.25) is 0 Å². The van der Waals surface area contributed by atoms with Crippen LogP contribution in [-0.4, -0.2) is 16.5 Å². The molecule has 0 fully saturated rings. The van der Waals surface area contributed by atoms with Gasteiger partial charge in [0.2, 0.25) is 0 Å². The van der Waals surface area contributed by atoms with E-state index in [1.54, 1.807) is 0 Å². The predicted molar refractivity (Wildman–Crippen MR) is 149 cm³/mol. The smallest absolute Gasteiger partial charge is 0.160 e. The fourth-order valence-electron chi connectivity index (χ4n) is 4.57. The van der Waals surface area contributed by atoms with Crippen LogP contribution in [0.2, 0.25) is 0 Å². The van der Waals surface area contributed by atoms with Crippen molar-refractivity contribution >= 4 is 5.57 Å². The maximum Gasteiger partial charge on any atom is 0.160 e. The molecule has 4 aromatic carbocycles. The minimum absolute atomic E-state index is 0.717. The molecule has 0 atom stereocenters. The van der Waals surface area contributed by atoms with Gasteiger partial charge in [-0.05, 0) is 29.0 Å². The molecule has 0 radical (unpaired) electrons. The molecule has 1 aliphatic heterocycles. The van der Waals surface area contributed by atoms with Gasteiger partial charge in [0.15, 0.2) is 5.82 Å². The Morgan fingerprint density at radius 2 is 1.00 bits per heavy atom. The summed E-state index contributed by atoms with van der Waals surface area (Å²) in [5.41, 5.74) is 9.59. The normalized spacial score (nSPS) is 12.6. The van der Waals surface area contributed by atoms with Crippen LogP contribution >= 0.6 is 0 Å². The van der Waals surface area contributed by atoms with Crippen LogP contribution in [0, 0.1) is 0 Å². The molecule has 0 amide bonds. The standard InChI is InChI=1S/C33H25N3/c1-4-11-25(12-5-1)30-31(26-13-6-2-7-14-26)35-33(36-32(30)27-15-8-3-9-16-27)28-20-18-24(19-21-28)29-17-10-22-34-23-29/h1-22,34H,23H2. The number of aromatic nitrogens is 2. The number of nitrogens with one attached hydrogen (secondary N) is 1. The summed E-state index contributed by atoms with van der Waals surface area (Å²) < 4.78 is 0. The Balaban J connectivity index is 1.57.